The number of hydrogen-bond acceptors (Lipinski definition) is 6. The van der Waals surface area contributed by atoms with Gasteiger partial charge in [-0.25, -0.2) is 13.4 Å². The molecule has 3 heterocycles. The Morgan fingerprint density at radius 2 is 1.70 bits per heavy atom. The second kappa shape index (κ2) is 9.24. The molecule has 0 atom stereocenters. The summed E-state index contributed by atoms with van der Waals surface area (Å²) >= 11 is 0. The third kappa shape index (κ3) is 5.26. The third-order valence-corrected chi connectivity index (χ3v) is 7.61. The number of aromatic nitrogens is 2. The number of halogens is 3. The first-order valence-corrected chi connectivity index (χ1v) is 11.9. The Morgan fingerprint density at radius 3 is 2.36 bits per heavy atom. The predicted molar refractivity (Wildman–Crippen MR) is 119 cm³/mol. The topological polar surface area (TPSA) is 78.4 Å². The van der Waals surface area contributed by atoms with E-state index in [1.165, 1.54) is 4.31 Å². The minimum atomic E-state index is -4.50. The van der Waals surface area contributed by atoms with Gasteiger partial charge in [0, 0.05) is 56.5 Å². The zero-order chi connectivity index (χ0) is 23.6. The quantitative estimate of drug-likeness (QED) is 0.584. The van der Waals surface area contributed by atoms with Crippen LogP contribution in [-0.2, 0) is 16.2 Å². The van der Waals surface area contributed by atoms with Gasteiger partial charge in [0.2, 0.25) is 10.0 Å². The smallest absolute Gasteiger partial charge is 0.369 e. The highest BCUT2D eigenvalue weighted by atomic mass is 32.2. The van der Waals surface area contributed by atoms with E-state index in [4.69, 9.17) is 0 Å². The van der Waals surface area contributed by atoms with Gasteiger partial charge in [0.25, 0.3) is 0 Å². The molecule has 7 nitrogen and oxygen atoms in total. The fourth-order valence-corrected chi connectivity index (χ4v) is 5.22. The van der Waals surface area contributed by atoms with Crippen molar-refractivity contribution in [3.63, 3.8) is 0 Å². The first-order valence-electron chi connectivity index (χ1n) is 10.5. The lowest BCUT2D eigenvalue weighted by Crippen LogP contribution is -2.49. The van der Waals surface area contributed by atoms with Crippen LogP contribution in [0.15, 0.2) is 53.6 Å². The number of hydrogen-bond donors (Lipinski definition) is 1. The first-order chi connectivity index (χ1) is 15.6. The predicted octanol–water partition coefficient (Wildman–Crippen LogP) is 3.38. The molecule has 4 rings (SSSR count). The van der Waals surface area contributed by atoms with Crippen LogP contribution < -0.4 is 5.32 Å². The summed E-state index contributed by atoms with van der Waals surface area (Å²) < 4.78 is 65.1. The van der Waals surface area contributed by atoms with Crippen molar-refractivity contribution >= 4 is 26.7 Å². The number of benzene rings is 1. The van der Waals surface area contributed by atoms with E-state index in [2.05, 4.69) is 20.2 Å². The van der Waals surface area contributed by atoms with Crippen molar-refractivity contribution in [2.45, 2.75) is 18.0 Å². The van der Waals surface area contributed by atoms with Crippen LogP contribution in [-0.4, -0.2) is 66.9 Å². The monoisotopic (exact) mass is 479 g/mol. The summed E-state index contributed by atoms with van der Waals surface area (Å²) in [6, 6.07) is 9.39. The molecule has 1 N–H and O–H groups in total. The molecule has 0 bridgehead atoms. The molecular formula is C22H24F3N5O2S. The van der Waals surface area contributed by atoms with E-state index in [1.807, 2.05) is 25.1 Å². The number of piperazine rings is 1. The van der Waals surface area contributed by atoms with E-state index >= 15 is 0 Å². The summed E-state index contributed by atoms with van der Waals surface area (Å²) in [5.41, 5.74) is 0.928. The van der Waals surface area contributed by atoms with Crippen LogP contribution in [0.25, 0.3) is 10.9 Å². The molecule has 3 aromatic rings. The van der Waals surface area contributed by atoms with Gasteiger partial charge < -0.3 is 5.32 Å². The molecule has 11 heteroatoms. The van der Waals surface area contributed by atoms with Crippen molar-refractivity contribution in [3.05, 3.63) is 59.9 Å². The number of anilines is 1. The van der Waals surface area contributed by atoms with Gasteiger partial charge in [-0.3, -0.25) is 9.88 Å². The van der Waals surface area contributed by atoms with E-state index in [9.17, 15) is 21.6 Å². The molecule has 1 aliphatic rings. The van der Waals surface area contributed by atoms with Gasteiger partial charge in [-0.1, -0.05) is 0 Å². The lowest BCUT2D eigenvalue weighted by Gasteiger charge is -2.34. The Bertz CT molecular complexity index is 1230. The first kappa shape index (κ1) is 23.4. The van der Waals surface area contributed by atoms with Gasteiger partial charge in [0.05, 0.1) is 16.0 Å². The normalized spacial score (nSPS) is 16.2. The molecule has 0 aliphatic carbocycles. The highest BCUT2D eigenvalue weighted by Gasteiger charge is 2.32. The maximum Gasteiger partial charge on any atom is 0.416 e. The zero-order valence-electron chi connectivity index (χ0n) is 18.0. The van der Waals surface area contributed by atoms with Crippen LogP contribution in [0.2, 0.25) is 0 Å². The minimum absolute atomic E-state index is 0.126. The van der Waals surface area contributed by atoms with Crippen molar-refractivity contribution < 1.29 is 21.6 Å². The molecule has 176 valence electrons. The number of sulfonamides is 1. The number of fused-ring (bicyclic) bond motifs is 1. The fraction of sp³-hybridized carbons (Fsp3) is 0.364. The number of pyridine rings is 2. The summed E-state index contributed by atoms with van der Waals surface area (Å²) in [6.07, 6.45) is -2.77. The average Bonchev–Trinajstić information content (AvgIpc) is 2.79. The van der Waals surface area contributed by atoms with Gasteiger partial charge in [-0.2, -0.15) is 17.5 Å². The summed E-state index contributed by atoms with van der Waals surface area (Å²) in [4.78, 5) is 10.9. The number of nitrogens with zero attached hydrogens (tertiary/aromatic N) is 4. The number of alkyl halides is 3. The maximum absolute atomic E-state index is 12.8. The second-order valence-electron chi connectivity index (χ2n) is 7.85. The highest BCUT2D eigenvalue weighted by Crippen LogP contribution is 2.30. The molecule has 1 fully saturated rings. The van der Waals surface area contributed by atoms with E-state index in [0.29, 0.717) is 26.2 Å². The summed E-state index contributed by atoms with van der Waals surface area (Å²) in [5.74, 6) is 0.761. The van der Waals surface area contributed by atoms with E-state index in [1.54, 1.807) is 6.20 Å². The summed E-state index contributed by atoms with van der Waals surface area (Å²) in [5, 5.41) is 4.30. The van der Waals surface area contributed by atoms with Crippen molar-refractivity contribution in [2.75, 3.05) is 44.6 Å². The summed E-state index contributed by atoms with van der Waals surface area (Å²) in [6.45, 7) is 4.94. The van der Waals surface area contributed by atoms with Crippen molar-refractivity contribution in [1.29, 1.82) is 0 Å². The Kier molecular flexibility index (Phi) is 6.55. The Morgan fingerprint density at radius 1 is 1.00 bits per heavy atom. The lowest BCUT2D eigenvalue weighted by atomic mass is 10.2. The van der Waals surface area contributed by atoms with Crippen LogP contribution in [0.3, 0.4) is 0 Å². The van der Waals surface area contributed by atoms with Crippen LogP contribution >= 0.6 is 0 Å². The minimum Gasteiger partial charge on any atom is -0.369 e. The summed E-state index contributed by atoms with van der Waals surface area (Å²) in [7, 11) is -3.83. The largest absolute Gasteiger partial charge is 0.416 e. The molecule has 0 spiro atoms. The van der Waals surface area contributed by atoms with Gasteiger partial charge in [0.1, 0.15) is 5.82 Å². The number of aryl methyl sites for hydroxylation is 1. The van der Waals surface area contributed by atoms with Crippen LogP contribution in [0.1, 0.15) is 11.3 Å². The van der Waals surface area contributed by atoms with Crippen molar-refractivity contribution in [1.82, 2.24) is 19.2 Å². The van der Waals surface area contributed by atoms with Crippen molar-refractivity contribution in [3.8, 4) is 0 Å². The molecule has 0 amide bonds. The second-order valence-corrected chi connectivity index (χ2v) is 9.79. The van der Waals surface area contributed by atoms with Gasteiger partial charge in [0.15, 0.2) is 0 Å². The molecule has 1 saturated heterocycles. The number of nitrogens with one attached hydrogen (secondary N) is 1. The average molecular weight is 480 g/mol. The van der Waals surface area contributed by atoms with Crippen LogP contribution in [0.4, 0.5) is 19.0 Å². The third-order valence-electron chi connectivity index (χ3n) is 5.70. The maximum atomic E-state index is 12.8. The zero-order valence-corrected chi connectivity index (χ0v) is 18.8. The van der Waals surface area contributed by atoms with E-state index in [0.717, 1.165) is 46.7 Å². The van der Waals surface area contributed by atoms with Crippen LogP contribution in [0, 0.1) is 6.92 Å². The Labute approximate surface area is 190 Å². The SMILES string of the molecule is Cc1nccc2nc(NCCN3CCN(S(=O)(=O)c4ccc(C(F)(F)F)cc4)CC3)ccc12. The molecular weight excluding hydrogens is 455 g/mol. The highest BCUT2D eigenvalue weighted by molar-refractivity contribution is 7.89. The number of rotatable bonds is 6. The van der Waals surface area contributed by atoms with Gasteiger partial charge in [-0.15, -0.1) is 0 Å². The van der Waals surface area contributed by atoms with Gasteiger partial charge in [-0.05, 0) is 49.4 Å². The fourth-order valence-electron chi connectivity index (χ4n) is 3.80. The molecule has 2 aromatic heterocycles. The lowest BCUT2D eigenvalue weighted by molar-refractivity contribution is -0.137. The van der Waals surface area contributed by atoms with E-state index in [-0.39, 0.29) is 18.0 Å². The van der Waals surface area contributed by atoms with Gasteiger partial charge >= 0.3 is 6.18 Å². The Balaban J connectivity index is 1.29. The van der Waals surface area contributed by atoms with Crippen LogP contribution in [0.5, 0.6) is 0 Å². The molecule has 1 aromatic carbocycles. The van der Waals surface area contributed by atoms with Crippen molar-refractivity contribution in [2.24, 2.45) is 0 Å². The molecule has 33 heavy (non-hydrogen) atoms. The Hall–Kier alpha value is -2.76. The van der Waals surface area contributed by atoms with E-state index < -0.39 is 21.8 Å². The molecule has 0 saturated carbocycles. The molecule has 1 aliphatic heterocycles. The molecule has 0 radical (unpaired) electrons. The standard InChI is InChI=1S/C22H24F3N5O2S/c1-16-19-6-7-21(28-20(19)8-9-26-16)27-10-11-29-12-14-30(15-13-29)33(31,32)18-4-2-17(3-5-18)22(23,24)25/h2-9H,10-15H2,1H3,(H,27,28). The molecule has 0 unspecified atom stereocenters.